The molecule has 102 valence electrons. The molecule has 0 bridgehead atoms. The molecule has 1 aromatic carbocycles. The number of hydrogen-bond donors (Lipinski definition) is 0. The standard InChI is InChI=1S/C16H9NO2S2/c18-15-11-4-1-2-6-13(11)21-14(15)8-10-9-20-16(17-10)12-5-3-7-19-12/h1-9H/b14-8-. The van der Waals surface area contributed by atoms with Crippen molar-refractivity contribution in [1.29, 1.82) is 0 Å². The van der Waals surface area contributed by atoms with E-state index in [0.717, 1.165) is 26.9 Å². The van der Waals surface area contributed by atoms with Gasteiger partial charge in [0.2, 0.25) is 5.78 Å². The van der Waals surface area contributed by atoms with Gasteiger partial charge in [0, 0.05) is 15.8 Å². The molecule has 0 unspecified atom stereocenters. The van der Waals surface area contributed by atoms with E-state index >= 15 is 0 Å². The number of nitrogens with zero attached hydrogens (tertiary/aromatic N) is 1. The van der Waals surface area contributed by atoms with Crippen LogP contribution in [0.5, 0.6) is 0 Å². The number of thioether (sulfide) groups is 1. The first-order chi connectivity index (χ1) is 10.3. The van der Waals surface area contributed by atoms with E-state index in [-0.39, 0.29) is 5.78 Å². The Bertz CT molecular complexity index is 847. The lowest BCUT2D eigenvalue weighted by Gasteiger charge is -1.91. The molecule has 0 radical (unpaired) electrons. The minimum atomic E-state index is 0.0724. The normalized spacial score (nSPS) is 15.6. The molecule has 21 heavy (non-hydrogen) atoms. The maximum atomic E-state index is 12.3. The van der Waals surface area contributed by atoms with Crippen LogP contribution in [0.25, 0.3) is 16.8 Å². The summed E-state index contributed by atoms with van der Waals surface area (Å²) in [4.78, 5) is 18.5. The maximum absolute atomic E-state index is 12.3. The molecular formula is C16H9NO2S2. The number of Topliss-reactive ketones (excluding diaryl/α,β-unsaturated/α-hetero) is 1. The van der Waals surface area contributed by atoms with Gasteiger partial charge in [0.15, 0.2) is 10.8 Å². The van der Waals surface area contributed by atoms with Crippen LogP contribution in [-0.2, 0) is 0 Å². The second kappa shape index (κ2) is 5.02. The fourth-order valence-corrected chi connectivity index (χ4v) is 3.92. The maximum Gasteiger partial charge on any atom is 0.200 e. The Balaban J connectivity index is 1.66. The van der Waals surface area contributed by atoms with Crippen molar-refractivity contribution in [3.05, 3.63) is 64.2 Å². The zero-order chi connectivity index (χ0) is 14.2. The quantitative estimate of drug-likeness (QED) is 0.642. The molecule has 3 nitrogen and oxygen atoms in total. The first-order valence-electron chi connectivity index (χ1n) is 6.34. The number of allylic oxidation sites excluding steroid dienone is 1. The third-order valence-electron chi connectivity index (χ3n) is 3.11. The second-order valence-electron chi connectivity index (χ2n) is 4.49. The van der Waals surface area contributed by atoms with Gasteiger partial charge >= 0.3 is 0 Å². The third-order valence-corrected chi connectivity index (χ3v) is 5.08. The highest BCUT2D eigenvalue weighted by Gasteiger charge is 2.25. The van der Waals surface area contributed by atoms with E-state index in [1.807, 2.05) is 47.9 Å². The lowest BCUT2D eigenvalue weighted by molar-refractivity contribution is 0.104. The fraction of sp³-hybridized carbons (Fsp3) is 0. The number of fused-ring (bicyclic) bond motifs is 1. The van der Waals surface area contributed by atoms with Gasteiger partial charge in [-0.15, -0.1) is 11.3 Å². The van der Waals surface area contributed by atoms with Gasteiger partial charge in [-0.2, -0.15) is 0 Å². The number of carbonyl (C=O) groups is 1. The van der Waals surface area contributed by atoms with E-state index in [1.54, 1.807) is 6.26 Å². The van der Waals surface area contributed by atoms with E-state index in [4.69, 9.17) is 4.42 Å². The Morgan fingerprint density at radius 2 is 2.05 bits per heavy atom. The molecule has 0 fully saturated rings. The Labute approximate surface area is 129 Å². The van der Waals surface area contributed by atoms with Crippen LogP contribution < -0.4 is 0 Å². The highest BCUT2D eigenvalue weighted by molar-refractivity contribution is 8.04. The average Bonchev–Trinajstić information content (AvgIpc) is 3.21. The first kappa shape index (κ1) is 12.6. The lowest BCUT2D eigenvalue weighted by atomic mass is 10.1. The minimum Gasteiger partial charge on any atom is -0.462 e. The molecule has 0 atom stereocenters. The molecule has 0 saturated carbocycles. The number of thiazole rings is 1. The number of ketones is 1. The average molecular weight is 311 g/mol. The largest absolute Gasteiger partial charge is 0.462 e. The van der Waals surface area contributed by atoms with Crippen LogP contribution in [0.4, 0.5) is 0 Å². The number of benzene rings is 1. The molecule has 4 rings (SSSR count). The van der Waals surface area contributed by atoms with Crippen molar-refractivity contribution in [2.45, 2.75) is 4.90 Å². The van der Waals surface area contributed by atoms with Crippen LogP contribution in [0.15, 0.2) is 62.3 Å². The van der Waals surface area contributed by atoms with Gasteiger partial charge in [-0.1, -0.05) is 23.9 Å². The zero-order valence-electron chi connectivity index (χ0n) is 10.8. The van der Waals surface area contributed by atoms with Crippen molar-refractivity contribution >= 4 is 35.0 Å². The van der Waals surface area contributed by atoms with Gasteiger partial charge in [-0.25, -0.2) is 4.98 Å². The fourth-order valence-electron chi connectivity index (χ4n) is 2.14. The first-order valence-corrected chi connectivity index (χ1v) is 8.03. The summed E-state index contributed by atoms with van der Waals surface area (Å²) in [5, 5.41) is 2.75. The van der Waals surface area contributed by atoms with Crippen molar-refractivity contribution in [3.63, 3.8) is 0 Å². The van der Waals surface area contributed by atoms with Crippen LogP contribution in [0.2, 0.25) is 0 Å². The minimum absolute atomic E-state index is 0.0724. The summed E-state index contributed by atoms with van der Waals surface area (Å²) in [6, 6.07) is 11.4. The highest BCUT2D eigenvalue weighted by atomic mass is 32.2. The highest BCUT2D eigenvalue weighted by Crippen LogP contribution is 2.40. The number of aromatic nitrogens is 1. The number of hydrogen-bond acceptors (Lipinski definition) is 5. The van der Waals surface area contributed by atoms with E-state index < -0.39 is 0 Å². The molecule has 0 amide bonds. The summed E-state index contributed by atoms with van der Waals surface area (Å²) < 4.78 is 5.33. The van der Waals surface area contributed by atoms with Crippen LogP contribution in [0.1, 0.15) is 16.1 Å². The number of rotatable bonds is 2. The summed E-state index contributed by atoms with van der Waals surface area (Å²) in [6.07, 6.45) is 3.47. The van der Waals surface area contributed by atoms with Crippen LogP contribution >= 0.6 is 23.1 Å². The molecule has 5 heteroatoms. The summed E-state index contributed by atoms with van der Waals surface area (Å²) in [5.41, 5.74) is 1.56. The van der Waals surface area contributed by atoms with Gasteiger partial charge in [-0.05, 0) is 30.3 Å². The lowest BCUT2D eigenvalue weighted by Crippen LogP contribution is -1.93. The molecule has 1 aliphatic rings. The van der Waals surface area contributed by atoms with E-state index in [9.17, 15) is 4.79 Å². The Hall–Kier alpha value is -2.11. The summed E-state index contributed by atoms with van der Waals surface area (Å²) in [6.45, 7) is 0. The molecule has 3 heterocycles. The van der Waals surface area contributed by atoms with Crippen molar-refractivity contribution in [1.82, 2.24) is 4.98 Å². The zero-order valence-corrected chi connectivity index (χ0v) is 12.4. The van der Waals surface area contributed by atoms with Gasteiger partial charge < -0.3 is 4.42 Å². The van der Waals surface area contributed by atoms with E-state index in [1.165, 1.54) is 23.1 Å². The van der Waals surface area contributed by atoms with Gasteiger partial charge in [0.25, 0.3) is 0 Å². The van der Waals surface area contributed by atoms with Crippen LogP contribution in [0, 0.1) is 0 Å². The van der Waals surface area contributed by atoms with Crippen LogP contribution in [-0.4, -0.2) is 10.8 Å². The monoisotopic (exact) mass is 311 g/mol. The molecule has 0 saturated heterocycles. The van der Waals surface area contributed by atoms with Gasteiger partial charge in [0.1, 0.15) is 0 Å². The predicted molar refractivity (Wildman–Crippen MR) is 84.4 cm³/mol. The smallest absolute Gasteiger partial charge is 0.200 e. The Kier molecular flexibility index (Phi) is 3.02. The SMILES string of the molecule is O=C1/C(=C/c2csc(-c3ccco3)n2)Sc2ccccc21. The second-order valence-corrected chi connectivity index (χ2v) is 6.43. The Morgan fingerprint density at radius 3 is 2.86 bits per heavy atom. The van der Waals surface area contributed by atoms with Crippen molar-refractivity contribution in [2.75, 3.05) is 0 Å². The summed E-state index contributed by atoms with van der Waals surface area (Å²) in [5.74, 6) is 0.821. The topological polar surface area (TPSA) is 43.1 Å². The van der Waals surface area contributed by atoms with Crippen molar-refractivity contribution < 1.29 is 9.21 Å². The number of furan rings is 1. The molecule has 3 aromatic rings. The van der Waals surface area contributed by atoms with Crippen molar-refractivity contribution in [3.8, 4) is 10.8 Å². The summed E-state index contributed by atoms with van der Waals surface area (Å²) >= 11 is 3.00. The molecule has 2 aromatic heterocycles. The molecule has 0 spiro atoms. The molecule has 0 aliphatic carbocycles. The summed E-state index contributed by atoms with van der Waals surface area (Å²) in [7, 11) is 0. The van der Waals surface area contributed by atoms with Gasteiger partial charge in [-0.3, -0.25) is 4.79 Å². The third kappa shape index (κ3) is 2.24. The Morgan fingerprint density at radius 1 is 1.14 bits per heavy atom. The van der Waals surface area contributed by atoms with Crippen molar-refractivity contribution in [2.24, 2.45) is 0 Å². The number of carbonyl (C=O) groups excluding carboxylic acids is 1. The van der Waals surface area contributed by atoms with Gasteiger partial charge in [0.05, 0.1) is 16.9 Å². The van der Waals surface area contributed by atoms with E-state index in [0.29, 0.717) is 4.91 Å². The molecule has 1 aliphatic heterocycles. The molecular weight excluding hydrogens is 302 g/mol. The predicted octanol–water partition coefficient (Wildman–Crippen LogP) is 4.73. The van der Waals surface area contributed by atoms with E-state index in [2.05, 4.69) is 4.98 Å². The molecule has 0 N–H and O–H groups in total. The van der Waals surface area contributed by atoms with Crippen LogP contribution in [0.3, 0.4) is 0 Å².